The highest BCUT2D eigenvalue weighted by Gasteiger charge is 2.22. The van der Waals surface area contributed by atoms with Crippen molar-refractivity contribution < 1.29 is 19.0 Å². The van der Waals surface area contributed by atoms with Crippen molar-refractivity contribution in [1.82, 2.24) is 0 Å². The standard InChI is InChI=1S/C27H42O4/c1-7-8-14-22(15-11-9-10-12-20-31-26(28)27(2,3)4)16-13-17-23-18-19-24(29-5)25(21-23)30-6/h11,18-19,21H,7-10,12-14,16-17,20H2,1-6H3. The van der Waals surface area contributed by atoms with E-state index in [0.717, 1.165) is 56.4 Å². The van der Waals surface area contributed by atoms with Crippen molar-refractivity contribution >= 4 is 5.97 Å². The molecule has 0 saturated heterocycles. The lowest BCUT2D eigenvalue weighted by atomic mass is 9.97. The molecule has 174 valence electrons. The van der Waals surface area contributed by atoms with E-state index >= 15 is 0 Å². The van der Waals surface area contributed by atoms with Crippen LogP contribution in [-0.2, 0) is 16.0 Å². The third-order valence-electron chi connectivity index (χ3n) is 5.12. The second-order valence-corrected chi connectivity index (χ2v) is 8.98. The van der Waals surface area contributed by atoms with Gasteiger partial charge in [0, 0.05) is 0 Å². The Labute approximate surface area is 189 Å². The SMILES string of the molecule is CCCCC(=C=CCCCCOC(=O)C(C)(C)C)CCCc1ccc(OC)c(OC)c1. The molecule has 0 fully saturated rings. The molecular weight excluding hydrogens is 388 g/mol. The summed E-state index contributed by atoms with van der Waals surface area (Å²) in [4.78, 5) is 11.8. The minimum Gasteiger partial charge on any atom is -0.493 e. The van der Waals surface area contributed by atoms with E-state index in [-0.39, 0.29) is 5.97 Å². The molecule has 0 N–H and O–H groups in total. The van der Waals surface area contributed by atoms with Gasteiger partial charge in [-0.15, -0.1) is 5.73 Å². The molecule has 0 aliphatic carbocycles. The highest BCUT2D eigenvalue weighted by atomic mass is 16.5. The summed E-state index contributed by atoms with van der Waals surface area (Å²) in [6, 6.07) is 6.15. The van der Waals surface area contributed by atoms with Gasteiger partial charge in [-0.3, -0.25) is 4.79 Å². The number of carbonyl (C=O) groups excluding carboxylic acids is 1. The number of allylic oxidation sites excluding steroid dienone is 1. The largest absolute Gasteiger partial charge is 0.493 e. The zero-order valence-corrected chi connectivity index (χ0v) is 20.5. The number of aryl methyl sites for hydroxylation is 1. The molecule has 4 nitrogen and oxygen atoms in total. The number of methoxy groups -OCH3 is 2. The number of esters is 1. The number of hydrogen-bond acceptors (Lipinski definition) is 4. The highest BCUT2D eigenvalue weighted by Crippen LogP contribution is 2.28. The number of rotatable bonds is 14. The minimum atomic E-state index is -0.423. The predicted molar refractivity (Wildman–Crippen MR) is 128 cm³/mol. The fraction of sp³-hybridized carbons (Fsp3) is 0.630. The molecule has 0 bridgehead atoms. The second kappa shape index (κ2) is 14.8. The lowest BCUT2D eigenvalue weighted by molar-refractivity contribution is -0.153. The van der Waals surface area contributed by atoms with E-state index in [1.807, 2.05) is 26.8 Å². The van der Waals surface area contributed by atoms with E-state index in [1.54, 1.807) is 14.2 Å². The first-order valence-electron chi connectivity index (χ1n) is 11.6. The molecular formula is C27H42O4. The minimum absolute atomic E-state index is 0.126. The average molecular weight is 431 g/mol. The Kier molecular flexibility index (Phi) is 12.8. The van der Waals surface area contributed by atoms with Gasteiger partial charge in [-0.1, -0.05) is 19.4 Å². The number of carbonyl (C=O) groups is 1. The molecule has 0 atom stereocenters. The van der Waals surface area contributed by atoms with Crippen LogP contribution in [0, 0.1) is 5.41 Å². The zero-order valence-electron chi connectivity index (χ0n) is 20.5. The summed E-state index contributed by atoms with van der Waals surface area (Å²) < 4.78 is 16.0. The van der Waals surface area contributed by atoms with Crippen molar-refractivity contribution in [2.45, 2.75) is 85.5 Å². The first-order valence-corrected chi connectivity index (χ1v) is 11.6. The number of benzene rings is 1. The number of unbranched alkanes of at least 4 members (excludes halogenated alkanes) is 3. The van der Waals surface area contributed by atoms with Gasteiger partial charge in [0.1, 0.15) is 0 Å². The Hall–Kier alpha value is -2.19. The maximum absolute atomic E-state index is 11.8. The molecule has 0 spiro atoms. The van der Waals surface area contributed by atoms with Gasteiger partial charge in [0.25, 0.3) is 0 Å². The smallest absolute Gasteiger partial charge is 0.311 e. The lowest BCUT2D eigenvalue weighted by Crippen LogP contribution is -2.23. The van der Waals surface area contributed by atoms with Crippen molar-refractivity contribution in [3.63, 3.8) is 0 Å². The van der Waals surface area contributed by atoms with E-state index in [1.165, 1.54) is 24.0 Å². The van der Waals surface area contributed by atoms with Gasteiger partial charge in [0.05, 0.1) is 26.2 Å². The topological polar surface area (TPSA) is 44.8 Å². The first-order chi connectivity index (χ1) is 14.8. The summed E-state index contributed by atoms with van der Waals surface area (Å²) in [5.74, 6) is 1.43. The maximum Gasteiger partial charge on any atom is 0.311 e. The molecule has 1 rings (SSSR count). The molecule has 0 saturated carbocycles. The normalized spacial score (nSPS) is 10.9. The molecule has 0 radical (unpaired) electrons. The van der Waals surface area contributed by atoms with Crippen molar-refractivity contribution in [3.05, 3.63) is 41.1 Å². The molecule has 0 amide bonds. The van der Waals surface area contributed by atoms with E-state index < -0.39 is 5.41 Å². The Morgan fingerprint density at radius 1 is 1.00 bits per heavy atom. The van der Waals surface area contributed by atoms with E-state index in [0.29, 0.717) is 6.61 Å². The molecule has 0 heterocycles. The summed E-state index contributed by atoms with van der Waals surface area (Å²) >= 11 is 0. The fourth-order valence-corrected chi connectivity index (χ4v) is 3.15. The summed E-state index contributed by atoms with van der Waals surface area (Å²) in [7, 11) is 3.33. The van der Waals surface area contributed by atoms with Gasteiger partial charge < -0.3 is 14.2 Å². The van der Waals surface area contributed by atoms with Gasteiger partial charge in [-0.2, -0.15) is 0 Å². The average Bonchev–Trinajstić information content (AvgIpc) is 2.75. The van der Waals surface area contributed by atoms with Gasteiger partial charge in [-0.05, 0) is 101 Å². The molecule has 0 aliphatic rings. The molecule has 0 aromatic heterocycles. The Morgan fingerprint density at radius 3 is 2.35 bits per heavy atom. The van der Waals surface area contributed by atoms with Gasteiger partial charge in [0.15, 0.2) is 11.5 Å². The van der Waals surface area contributed by atoms with Gasteiger partial charge in [-0.25, -0.2) is 0 Å². The molecule has 31 heavy (non-hydrogen) atoms. The Balaban J connectivity index is 2.47. The van der Waals surface area contributed by atoms with Crippen LogP contribution in [0.25, 0.3) is 0 Å². The fourth-order valence-electron chi connectivity index (χ4n) is 3.15. The molecule has 0 unspecified atom stereocenters. The molecule has 0 aliphatic heterocycles. The van der Waals surface area contributed by atoms with Crippen LogP contribution in [0.1, 0.15) is 84.6 Å². The van der Waals surface area contributed by atoms with E-state index in [4.69, 9.17) is 14.2 Å². The van der Waals surface area contributed by atoms with Gasteiger partial charge in [0.2, 0.25) is 0 Å². The van der Waals surface area contributed by atoms with Crippen LogP contribution < -0.4 is 9.47 Å². The third kappa shape index (κ3) is 11.1. The summed E-state index contributed by atoms with van der Waals surface area (Å²) in [5.41, 5.74) is 5.79. The first kappa shape index (κ1) is 26.8. The van der Waals surface area contributed by atoms with E-state index in [2.05, 4.69) is 30.9 Å². The Bertz CT molecular complexity index is 721. The predicted octanol–water partition coefficient (Wildman–Crippen LogP) is 7.06. The lowest BCUT2D eigenvalue weighted by Gasteiger charge is -2.16. The van der Waals surface area contributed by atoms with Crippen LogP contribution in [0.15, 0.2) is 35.6 Å². The van der Waals surface area contributed by atoms with E-state index in [9.17, 15) is 4.79 Å². The Morgan fingerprint density at radius 2 is 1.71 bits per heavy atom. The van der Waals surface area contributed by atoms with Crippen LogP contribution in [0.2, 0.25) is 0 Å². The number of ether oxygens (including phenoxy) is 3. The van der Waals surface area contributed by atoms with Crippen LogP contribution in [0.3, 0.4) is 0 Å². The molecule has 4 heteroatoms. The third-order valence-corrected chi connectivity index (χ3v) is 5.12. The molecule has 1 aromatic rings. The second-order valence-electron chi connectivity index (χ2n) is 8.98. The van der Waals surface area contributed by atoms with Crippen molar-refractivity contribution in [3.8, 4) is 11.5 Å². The van der Waals surface area contributed by atoms with Crippen molar-refractivity contribution in [2.75, 3.05) is 20.8 Å². The number of hydrogen-bond donors (Lipinski definition) is 0. The van der Waals surface area contributed by atoms with Gasteiger partial charge >= 0.3 is 5.97 Å². The summed E-state index contributed by atoms with van der Waals surface area (Å²) in [6.45, 7) is 8.37. The monoisotopic (exact) mass is 430 g/mol. The summed E-state index contributed by atoms with van der Waals surface area (Å²) in [5, 5.41) is 0. The van der Waals surface area contributed by atoms with Crippen molar-refractivity contribution in [2.24, 2.45) is 5.41 Å². The van der Waals surface area contributed by atoms with Crippen LogP contribution in [0.4, 0.5) is 0 Å². The van der Waals surface area contributed by atoms with Crippen LogP contribution in [-0.4, -0.2) is 26.8 Å². The van der Waals surface area contributed by atoms with Crippen LogP contribution in [0.5, 0.6) is 11.5 Å². The summed E-state index contributed by atoms with van der Waals surface area (Å²) in [6.07, 6.45) is 11.7. The highest BCUT2D eigenvalue weighted by molar-refractivity contribution is 5.75. The quantitative estimate of drug-likeness (QED) is 0.180. The van der Waals surface area contributed by atoms with Crippen molar-refractivity contribution in [1.29, 1.82) is 0 Å². The van der Waals surface area contributed by atoms with Crippen LogP contribution >= 0.6 is 0 Å². The zero-order chi connectivity index (χ0) is 23.1. The maximum atomic E-state index is 11.8. The molecule has 1 aromatic carbocycles.